The van der Waals surface area contributed by atoms with E-state index in [1.807, 2.05) is 36.4 Å². The Morgan fingerprint density at radius 1 is 0.594 bits per heavy atom. The van der Waals surface area contributed by atoms with Crippen LogP contribution in [0, 0.1) is 0 Å². The number of benzene rings is 2. The molecule has 0 fully saturated rings. The van der Waals surface area contributed by atoms with E-state index in [1.165, 1.54) is 11.1 Å². The fourth-order valence-electron chi connectivity index (χ4n) is 3.38. The van der Waals surface area contributed by atoms with Gasteiger partial charge in [-0.2, -0.15) is 0 Å². The Morgan fingerprint density at radius 2 is 1.00 bits per heavy atom. The zero-order chi connectivity index (χ0) is 22.9. The Hall–Kier alpha value is -2.20. The van der Waals surface area contributed by atoms with Crippen LogP contribution in [-0.2, 0) is 36.0 Å². The number of carbonyl (C=O) groups excluding carboxylic acids is 2. The summed E-state index contributed by atoms with van der Waals surface area (Å²) in [4.78, 5) is 23.7. The lowest BCUT2D eigenvalue weighted by atomic mass is 10.1. The number of carbonyl (C=O) groups is 2. The number of hydrogen-bond acceptors (Lipinski definition) is 5. The van der Waals surface area contributed by atoms with E-state index in [4.69, 9.17) is 9.05 Å². The average Bonchev–Trinajstić information content (AvgIpc) is 2.82. The van der Waals surface area contributed by atoms with Gasteiger partial charge in [0.2, 0.25) is 0 Å². The number of ketones is 2. The molecule has 5 nitrogen and oxygen atoms in total. The van der Waals surface area contributed by atoms with E-state index in [-0.39, 0.29) is 24.8 Å². The highest BCUT2D eigenvalue weighted by Crippen LogP contribution is 2.24. The molecule has 0 N–H and O–H groups in total. The topological polar surface area (TPSA) is 69.7 Å². The highest BCUT2D eigenvalue weighted by Gasteiger charge is 2.23. The van der Waals surface area contributed by atoms with Crippen LogP contribution in [0.4, 0.5) is 0 Å². The minimum atomic E-state index is -2.44. The Balaban J connectivity index is 1.41. The number of Topliss-reactive ketones (excluding diaryl/α,β-unsaturated/α-hetero) is 2. The summed E-state index contributed by atoms with van der Waals surface area (Å²) in [5.74, 6) is -0.192. The van der Waals surface area contributed by atoms with E-state index in [9.17, 15) is 14.2 Å². The van der Waals surface area contributed by atoms with Gasteiger partial charge in [0.15, 0.2) is 24.8 Å². The van der Waals surface area contributed by atoms with Crippen LogP contribution >= 0.6 is 8.25 Å². The van der Waals surface area contributed by atoms with Gasteiger partial charge in [0.05, 0.1) is 0 Å². The summed E-state index contributed by atoms with van der Waals surface area (Å²) in [5, 5.41) is 0. The molecule has 0 unspecified atom stereocenters. The minimum absolute atomic E-state index is 0.0959. The highest BCUT2D eigenvalue weighted by molar-refractivity contribution is 7.33. The molecule has 0 heterocycles. The molecule has 2 rings (SSSR count). The van der Waals surface area contributed by atoms with Crippen molar-refractivity contribution in [2.24, 2.45) is 0 Å². The second-order valence-corrected chi connectivity index (χ2v) is 8.90. The van der Waals surface area contributed by atoms with E-state index < -0.39 is 8.25 Å². The molecule has 2 aromatic rings. The molecule has 2 aromatic carbocycles. The van der Waals surface area contributed by atoms with E-state index in [0.717, 1.165) is 51.4 Å². The summed E-state index contributed by atoms with van der Waals surface area (Å²) in [7, 11) is -2.44. The molecule has 172 valence electrons. The summed E-state index contributed by atoms with van der Waals surface area (Å²) in [6.45, 7) is -0.469. The van der Waals surface area contributed by atoms with Crippen molar-refractivity contribution in [2.45, 2.75) is 64.2 Å². The van der Waals surface area contributed by atoms with Gasteiger partial charge in [-0.05, 0) is 49.7 Å². The van der Waals surface area contributed by atoms with Gasteiger partial charge in [-0.15, -0.1) is 9.05 Å². The van der Waals surface area contributed by atoms with Crippen molar-refractivity contribution < 1.29 is 23.2 Å². The Morgan fingerprint density at radius 3 is 1.41 bits per heavy atom. The van der Waals surface area contributed by atoms with Crippen LogP contribution < -0.4 is 0 Å². The molecule has 0 saturated heterocycles. The summed E-state index contributed by atoms with van der Waals surface area (Å²) < 4.78 is 21.6. The predicted molar refractivity (Wildman–Crippen MR) is 127 cm³/mol. The second-order valence-electron chi connectivity index (χ2n) is 7.94. The minimum Gasteiger partial charge on any atom is -0.297 e. The van der Waals surface area contributed by atoms with Gasteiger partial charge in [-0.25, -0.2) is 0 Å². The van der Waals surface area contributed by atoms with Gasteiger partial charge < -0.3 is 0 Å². The predicted octanol–water partition coefficient (Wildman–Crippen LogP) is 6.42. The monoisotopic (exact) mass is 457 g/mol. The van der Waals surface area contributed by atoms with Gasteiger partial charge in [0, 0.05) is 17.4 Å². The maximum absolute atomic E-state index is 11.8. The smallest absolute Gasteiger partial charge is 0.297 e. The lowest BCUT2D eigenvalue weighted by molar-refractivity contribution is -0.121. The fraction of sp³-hybridized carbons (Fsp3) is 0.462. The van der Waals surface area contributed by atoms with E-state index >= 15 is 0 Å². The van der Waals surface area contributed by atoms with Gasteiger partial charge in [0.25, 0.3) is 0 Å². The van der Waals surface area contributed by atoms with Gasteiger partial charge in [-0.1, -0.05) is 73.5 Å². The number of rotatable bonds is 18. The lowest BCUT2D eigenvalue weighted by Gasteiger charge is -2.01. The highest BCUT2D eigenvalue weighted by atomic mass is 31.1. The van der Waals surface area contributed by atoms with Gasteiger partial charge >= 0.3 is 8.25 Å². The number of hydrogen-bond donors (Lipinski definition) is 0. The molecule has 0 spiro atoms. The Bertz CT molecular complexity index is 740. The van der Waals surface area contributed by atoms with Crippen LogP contribution in [0.25, 0.3) is 0 Å². The average molecular weight is 458 g/mol. The fourth-order valence-corrected chi connectivity index (χ4v) is 3.95. The number of unbranched alkanes of at least 4 members (excludes halogenated alkanes) is 4. The first-order valence-electron chi connectivity index (χ1n) is 11.5. The van der Waals surface area contributed by atoms with Crippen LogP contribution in [-0.4, -0.2) is 24.8 Å². The SMILES string of the molecule is O=C(CCCCCc1ccccc1)CO[P+](=O)OCC(=O)CCCCCc1ccccc1. The quantitative estimate of drug-likeness (QED) is 0.191. The lowest BCUT2D eigenvalue weighted by Crippen LogP contribution is -2.08. The van der Waals surface area contributed by atoms with E-state index in [0.29, 0.717) is 12.8 Å². The van der Waals surface area contributed by atoms with Gasteiger partial charge in [-0.3, -0.25) is 9.59 Å². The first kappa shape index (κ1) is 26.1. The molecule has 0 aromatic heterocycles. The van der Waals surface area contributed by atoms with E-state index in [2.05, 4.69) is 24.3 Å². The van der Waals surface area contributed by atoms with Crippen molar-refractivity contribution in [1.82, 2.24) is 0 Å². The van der Waals surface area contributed by atoms with Gasteiger partial charge in [0.1, 0.15) is 0 Å². The summed E-state index contributed by atoms with van der Waals surface area (Å²) >= 11 is 0. The van der Waals surface area contributed by atoms with Crippen molar-refractivity contribution in [3.8, 4) is 0 Å². The molecular weight excluding hydrogens is 423 g/mol. The van der Waals surface area contributed by atoms with Crippen molar-refractivity contribution >= 4 is 19.8 Å². The van der Waals surface area contributed by atoms with Crippen LogP contribution in [0.15, 0.2) is 60.7 Å². The van der Waals surface area contributed by atoms with Crippen molar-refractivity contribution in [1.29, 1.82) is 0 Å². The number of aryl methyl sites for hydroxylation is 2. The molecule has 0 aliphatic heterocycles. The third kappa shape index (κ3) is 12.6. The summed E-state index contributed by atoms with van der Waals surface area (Å²) in [6.07, 6.45) is 8.38. The molecule has 0 radical (unpaired) electrons. The third-order valence-corrected chi connectivity index (χ3v) is 5.87. The molecule has 0 aliphatic rings. The third-order valence-electron chi connectivity index (χ3n) is 5.19. The Labute approximate surface area is 192 Å². The maximum atomic E-state index is 11.8. The largest absolute Gasteiger partial charge is 0.698 e. The molecule has 0 saturated carbocycles. The maximum Gasteiger partial charge on any atom is 0.698 e. The van der Waals surface area contributed by atoms with Crippen molar-refractivity contribution in [2.75, 3.05) is 13.2 Å². The standard InChI is InChI=1S/C26H34O5P/c27-25(19-11-3-9-17-23-13-5-1-6-14-23)21-30-32(29)31-22-26(28)20-12-4-10-18-24-15-7-2-8-16-24/h1-2,5-8,13-16H,3-4,9-12,17-22H2/q+1. The van der Waals surface area contributed by atoms with Crippen LogP contribution in [0.3, 0.4) is 0 Å². The van der Waals surface area contributed by atoms with Crippen LogP contribution in [0.5, 0.6) is 0 Å². The molecular formula is C26H34O5P+. The second kappa shape index (κ2) is 16.4. The first-order valence-corrected chi connectivity index (χ1v) is 12.6. The normalized spacial score (nSPS) is 10.8. The van der Waals surface area contributed by atoms with Crippen molar-refractivity contribution in [3.05, 3.63) is 71.8 Å². The van der Waals surface area contributed by atoms with E-state index in [1.54, 1.807) is 0 Å². The molecule has 0 bridgehead atoms. The summed E-state index contributed by atoms with van der Waals surface area (Å²) in [6, 6.07) is 20.5. The van der Waals surface area contributed by atoms with Crippen LogP contribution in [0.1, 0.15) is 62.5 Å². The first-order chi connectivity index (χ1) is 15.6. The summed E-state index contributed by atoms with van der Waals surface area (Å²) in [5.41, 5.74) is 2.61. The molecule has 0 atom stereocenters. The van der Waals surface area contributed by atoms with Crippen LogP contribution in [0.2, 0.25) is 0 Å². The zero-order valence-corrected chi connectivity index (χ0v) is 19.6. The molecule has 32 heavy (non-hydrogen) atoms. The molecule has 0 aliphatic carbocycles. The van der Waals surface area contributed by atoms with Crippen molar-refractivity contribution in [3.63, 3.8) is 0 Å². The molecule has 0 amide bonds. The Kier molecular flexibility index (Phi) is 13.4. The zero-order valence-electron chi connectivity index (χ0n) is 18.7. The molecule has 6 heteroatoms.